The number of nitrogens with one attached hydrogen (secondary N) is 2. The highest BCUT2D eigenvalue weighted by Gasteiger charge is 2.12. The fraction of sp³-hybridized carbons (Fsp3) is 0. The van der Waals surface area contributed by atoms with Crippen LogP contribution in [-0.2, 0) is 0 Å². The number of aromatic nitrogens is 3. The summed E-state index contributed by atoms with van der Waals surface area (Å²) in [6.07, 6.45) is 1.64. The molecule has 90 valence electrons. The molecule has 6 nitrogen and oxygen atoms in total. The molecule has 3 aromatic rings. The zero-order valence-electron chi connectivity index (χ0n) is 8.95. The van der Waals surface area contributed by atoms with Crippen molar-refractivity contribution in [3.8, 4) is 10.6 Å². The van der Waals surface area contributed by atoms with Gasteiger partial charge in [0, 0.05) is 11.6 Å². The molecule has 0 unspecified atom stereocenters. The van der Waals surface area contributed by atoms with Crippen LogP contribution in [0, 0.1) is 0 Å². The summed E-state index contributed by atoms with van der Waals surface area (Å²) in [5.41, 5.74) is 0.627. The number of hydrogen-bond acceptors (Lipinski definition) is 6. The Morgan fingerprint density at radius 3 is 2.83 bits per heavy atom. The Bertz CT molecular complexity index is 708. The van der Waals surface area contributed by atoms with Crippen LogP contribution >= 0.6 is 22.7 Å². The predicted octanol–water partition coefficient (Wildman–Crippen LogP) is 3.30. The van der Waals surface area contributed by atoms with Gasteiger partial charge in [-0.2, -0.15) is 0 Å². The summed E-state index contributed by atoms with van der Waals surface area (Å²) in [5.74, 6) is 0. The fourth-order valence-electron chi connectivity index (χ4n) is 1.40. The minimum Gasteiger partial charge on any atom is -0.294 e. The Kier molecular flexibility index (Phi) is 2.87. The second-order valence-corrected chi connectivity index (χ2v) is 5.12. The molecule has 3 aromatic heterocycles. The quantitative estimate of drug-likeness (QED) is 0.719. The molecule has 0 radical (unpaired) electrons. The number of azo groups is 1. The first kappa shape index (κ1) is 11.1. The van der Waals surface area contributed by atoms with Crippen molar-refractivity contribution < 1.29 is 0 Å². The third-order valence-corrected chi connectivity index (χ3v) is 3.72. The first-order valence-corrected chi connectivity index (χ1v) is 6.76. The standard InChI is InChI=1S/C10H7N5OS2/c16-9-8(13-15-10-11-3-5-18-10)7(12-14-9)6-2-1-4-17-6/h1-5H,(H2,12,14,16). The van der Waals surface area contributed by atoms with Gasteiger partial charge in [0.1, 0.15) is 5.69 Å². The van der Waals surface area contributed by atoms with Gasteiger partial charge >= 0.3 is 0 Å². The van der Waals surface area contributed by atoms with Crippen molar-refractivity contribution in [3.05, 3.63) is 39.4 Å². The molecule has 0 saturated heterocycles. The zero-order valence-corrected chi connectivity index (χ0v) is 10.6. The van der Waals surface area contributed by atoms with Crippen LogP contribution in [0.25, 0.3) is 10.6 Å². The SMILES string of the molecule is O=c1[nH][nH]c(-c2cccs2)c1N=Nc1nccs1. The maximum atomic E-state index is 11.6. The van der Waals surface area contributed by atoms with E-state index in [2.05, 4.69) is 25.4 Å². The summed E-state index contributed by atoms with van der Waals surface area (Å²) in [6.45, 7) is 0. The van der Waals surface area contributed by atoms with E-state index in [0.29, 0.717) is 10.8 Å². The van der Waals surface area contributed by atoms with Crippen LogP contribution in [0.4, 0.5) is 10.8 Å². The average molecular weight is 277 g/mol. The molecule has 0 aliphatic heterocycles. The second-order valence-electron chi connectivity index (χ2n) is 3.29. The van der Waals surface area contributed by atoms with Crippen molar-refractivity contribution in [2.75, 3.05) is 0 Å². The third-order valence-electron chi connectivity index (χ3n) is 2.18. The molecule has 2 N–H and O–H groups in total. The fourth-order valence-corrected chi connectivity index (χ4v) is 2.58. The Morgan fingerprint density at radius 1 is 1.17 bits per heavy atom. The summed E-state index contributed by atoms with van der Waals surface area (Å²) < 4.78 is 0. The van der Waals surface area contributed by atoms with Crippen LogP contribution in [0.1, 0.15) is 0 Å². The molecule has 0 saturated carbocycles. The van der Waals surface area contributed by atoms with E-state index in [-0.39, 0.29) is 11.2 Å². The number of rotatable bonds is 3. The molecule has 0 bridgehead atoms. The Labute approximate surface area is 109 Å². The number of nitrogens with zero attached hydrogens (tertiary/aromatic N) is 3. The molecule has 0 atom stereocenters. The van der Waals surface area contributed by atoms with Crippen molar-refractivity contribution in [1.29, 1.82) is 0 Å². The van der Waals surface area contributed by atoms with Crippen molar-refractivity contribution in [2.45, 2.75) is 0 Å². The topological polar surface area (TPSA) is 86.3 Å². The average Bonchev–Trinajstić information content (AvgIpc) is 3.08. The van der Waals surface area contributed by atoms with Gasteiger partial charge < -0.3 is 0 Å². The zero-order chi connectivity index (χ0) is 12.4. The van der Waals surface area contributed by atoms with Crippen LogP contribution in [0.3, 0.4) is 0 Å². The highest BCUT2D eigenvalue weighted by Crippen LogP contribution is 2.29. The summed E-state index contributed by atoms with van der Waals surface area (Å²) in [6, 6.07) is 3.82. The van der Waals surface area contributed by atoms with Gasteiger partial charge in [0.05, 0.1) is 4.88 Å². The summed E-state index contributed by atoms with van der Waals surface area (Å²) >= 11 is 2.88. The summed E-state index contributed by atoms with van der Waals surface area (Å²) in [5, 5.41) is 17.5. The van der Waals surface area contributed by atoms with E-state index >= 15 is 0 Å². The van der Waals surface area contributed by atoms with Gasteiger partial charge in [-0.1, -0.05) is 6.07 Å². The molecule has 8 heteroatoms. The minimum absolute atomic E-state index is 0.271. The lowest BCUT2D eigenvalue weighted by molar-refractivity contribution is 1.06. The lowest BCUT2D eigenvalue weighted by Gasteiger charge is -1.91. The van der Waals surface area contributed by atoms with Gasteiger partial charge in [0.25, 0.3) is 5.56 Å². The van der Waals surface area contributed by atoms with E-state index in [1.54, 1.807) is 11.6 Å². The highest BCUT2D eigenvalue weighted by molar-refractivity contribution is 7.13. The van der Waals surface area contributed by atoms with Crippen molar-refractivity contribution in [2.24, 2.45) is 10.2 Å². The van der Waals surface area contributed by atoms with Crippen LogP contribution in [0.5, 0.6) is 0 Å². The first-order valence-electron chi connectivity index (χ1n) is 5.00. The largest absolute Gasteiger partial charge is 0.294 e. The molecule has 0 amide bonds. The van der Waals surface area contributed by atoms with Crippen molar-refractivity contribution >= 4 is 33.5 Å². The predicted molar refractivity (Wildman–Crippen MR) is 71.0 cm³/mol. The van der Waals surface area contributed by atoms with Crippen molar-refractivity contribution in [1.82, 2.24) is 15.2 Å². The summed E-state index contributed by atoms with van der Waals surface area (Å²) in [7, 11) is 0. The lowest BCUT2D eigenvalue weighted by Crippen LogP contribution is -1.96. The molecule has 3 heterocycles. The Balaban J connectivity index is 2.02. The maximum Gasteiger partial charge on any atom is 0.292 e. The van der Waals surface area contributed by atoms with Crippen molar-refractivity contribution in [3.63, 3.8) is 0 Å². The van der Waals surface area contributed by atoms with Gasteiger partial charge in [-0.3, -0.25) is 15.0 Å². The molecule has 0 fully saturated rings. The molecule has 18 heavy (non-hydrogen) atoms. The van der Waals surface area contributed by atoms with E-state index in [9.17, 15) is 4.79 Å². The van der Waals surface area contributed by atoms with Gasteiger partial charge in [-0.15, -0.1) is 32.9 Å². The molecule has 0 aliphatic rings. The van der Waals surface area contributed by atoms with E-state index < -0.39 is 0 Å². The third kappa shape index (κ3) is 2.03. The normalized spacial score (nSPS) is 11.3. The van der Waals surface area contributed by atoms with Gasteiger partial charge in [-0.05, 0) is 11.4 Å². The van der Waals surface area contributed by atoms with Gasteiger partial charge in [0.15, 0.2) is 5.69 Å². The molecule has 0 aliphatic carbocycles. The smallest absolute Gasteiger partial charge is 0.292 e. The molecule has 3 rings (SSSR count). The number of thiophene rings is 1. The monoisotopic (exact) mass is 277 g/mol. The second kappa shape index (κ2) is 4.67. The van der Waals surface area contributed by atoms with E-state index in [1.165, 1.54) is 22.7 Å². The van der Waals surface area contributed by atoms with Crippen LogP contribution < -0.4 is 5.56 Å². The number of hydrogen-bond donors (Lipinski definition) is 2. The number of H-pyrrole nitrogens is 2. The molecular weight excluding hydrogens is 270 g/mol. The van der Waals surface area contributed by atoms with Crippen LogP contribution in [-0.4, -0.2) is 15.2 Å². The van der Waals surface area contributed by atoms with Gasteiger partial charge in [0.2, 0.25) is 5.13 Å². The lowest BCUT2D eigenvalue weighted by atomic mass is 10.3. The Morgan fingerprint density at radius 2 is 2.11 bits per heavy atom. The minimum atomic E-state index is -0.293. The highest BCUT2D eigenvalue weighted by atomic mass is 32.1. The van der Waals surface area contributed by atoms with E-state index in [4.69, 9.17) is 0 Å². The van der Waals surface area contributed by atoms with Crippen LogP contribution in [0.2, 0.25) is 0 Å². The summed E-state index contributed by atoms with van der Waals surface area (Å²) in [4.78, 5) is 16.5. The van der Waals surface area contributed by atoms with Crippen LogP contribution in [0.15, 0.2) is 44.1 Å². The molecule has 0 spiro atoms. The van der Waals surface area contributed by atoms with Gasteiger partial charge in [-0.25, -0.2) is 4.98 Å². The Hall–Kier alpha value is -2.06. The number of aromatic amines is 2. The first-order chi connectivity index (χ1) is 8.84. The number of thiazole rings is 1. The van der Waals surface area contributed by atoms with E-state index in [1.807, 2.05) is 17.5 Å². The molecule has 0 aromatic carbocycles. The maximum absolute atomic E-state index is 11.6. The van der Waals surface area contributed by atoms with E-state index in [0.717, 1.165) is 4.88 Å². The molecular formula is C10H7N5OS2.